The van der Waals surface area contributed by atoms with Crippen molar-refractivity contribution in [1.82, 2.24) is 5.32 Å². The number of hydrogen-bond acceptors (Lipinski definition) is 2. The molecule has 3 nitrogen and oxygen atoms in total. The second kappa shape index (κ2) is 6.20. The highest BCUT2D eigenvalue weighted by atomic mass is 16.2. The first-order chi connectivity index (χ1) is 9.10. The molecule has 1 amide bonds. The molecule has 104 valence electrons. The van der Waals surface area contributed by atoms with Gasteiger partial charge in [0.05, 0.1) is 5.54 Å². The number of benzene rings is 1. The second-order valence-electron chi connectivity index (χ2n) is 5.85. The molecule has 3 heteroatoms. The summed E-state index contributed by atoms with van der Waals surface area (Å²) in [5, 5.41) is 3.00. The van der Waals surface area contributed by atoms with Gasteiger partial charge in [-0.25, -0.2) is 0 Å². The SMILES string of the molecule is CC1CCCC(N)(C(=O)NCCc2ccccc2)C1. The number of amides is 1. The molecule has 0 bridgehead atoms. The summed E-state index contributed by atoms with van der Waals surface area (Å²) in [4.78, 5) is 12.2. The largest absolute Gasteiger partial charge is 0.354 e. The number of rotatable bonds is 4. The van der Waals surface area contributed by atoms with Gasteiger partial charge in [0.1, 0.15) is 0 Å². The van der Waals surface area contributed by atoms with Crippen LogP contribution in [0.3, 0.4) is 0 Å². The third-order valence-corrected chi connectivity index (χ3v) is 4.03. The Morgan fingerprint density at radius 1 is 1.42 bits per heavy atom. The van der Waals surface area contributed by atoms with E-state index in [1.54, 1.807) is 0 Å². The molecule has 0 aliphatic heterocycles. The minimum Gasteiger partial charge on any atom is -0.354 e. The van der Waals surface area contributed by atoms with E-state index in [9.17, 15) is 4.79 Å². The number of carbonyl (C=O) groups is 1. The van der Waals surface area contributed by atoms with Gasteiger partial charge >= 0.3 is 0 Å². The van der Waals surface area contributed by atoms with E-state index in [0.717, 1.165) is 25.7 Å². The third kappa shape index (κ3) is 3.80. The summed E-state index contributed by atoms with van der Waals surface area (Å²) in [5.74, 6) is 0.577. The Morgan fingerprint density at radius 2 is 2.16 bits per heavy atom. The van der Waals surface area contributed by atoms with Gasteiger partial charge in [-0.1, -0.05) is 50.1 Å². The lowest BCUT2D eigenvalue weighted by Gasteiger charge is -2.35. The molecular formula is C16H24N2O. The van der Waals surface area contributed by atoms with Gasteiger partial charge in [0.2, 0.25) is 5.91 Å². The van der Waals surface area contributed by atoms with Crippen LogP contribution in [-0.2, 0) is 11.2 Å². The molecule has 2 unspecified atom stereocenters. The Labute approximate surface area is 115 Å². The van der Waals surface area contributed by atoms with E-state index in [0.29, 0.717) is 12.5 Å². The van der Waals surface area contributed by atoms with Gasteiger partial charge in [0, 0.05) is 6.54 Å². The maximum absolute atomic E-state index is 12.2. The van der Waals surface area contributed by atoms with E-state index >= 15 is 0 Å². The summed E-state index contributed by atoms with van der Waals surface area (Å²) in [6.07, 6.45) is 4.73. The van der Waals surface area contributed by atoms with E-state index in [1.807, 2.05) is 18.2 Å². The van der Waals surface area contributed by atoms with Gasteiger partial charge < -0.3 is 11.1 Å². The van der Waals surface area contributed by atoms with Crippen molar-refractivity contribution in [1.29, 1.82) is 0 Å². The van der Waals surface area contributed by atoms with Crippen LogP contribution in [0.1, 0.15) is 38.2 Å². The molecule has 0 aromatic heterocycles. The van der Waals surface area contributed by atoms with Crippen LogP contribution in [0.2, 0.25) is 0 Å². The van der Waals surface area contributed by atoms with Crippen molar-refractivity contribution in [2.75, 3.05) is 6.54 Å². The van der Waals surface area contributed by atoms with Crippen LogP contribution < -0.4 is 11.1 Å². The molecule has 1 aliphatic rings. The summed E-state index contributed by atoms with van der Waals surface area (Å²) < 4.78 is 0. The highest BCUT2D eigenvalue weighted by Gasteiger charge is 2.37. The zero-order valence-electron chi connectivity index (χ0n) is 11.7. The molecule has 1 aliphatic carbocycles. The van der Waals surface area contributed by atoms with Gasteiger partial charge in [-0.2, -0.15) is 0 Å². The van der Waals surface area contributed by atoms with Gasteiger partial charge in [0.25, 0.3) is 0 Å². The van der Waals surface area contributed by atoms with Gasteiger partial charge in [-0.05, 0) is 30.7 Å². The van der Waals surface area contributed by atoms with Crippen LogP contribution in [-0.4, -0.2) is 18.0 Å². The topological polar surface area (TPSA) is 55.1 Å². The smallest absolute Gasteiger partial charge is 0.240 e. The molecule has 0 spiro atoms. The fraction of sp³-hybridized carbons (Fsp3) is 0.562. The number of hydrogen-bond donors (Lipinski definition) is 2. The molecule has 3 N–H and O–H groups in total. The number of carbonyl (C=O) groups excluding carboxylic acids is 1. The van der Waals surface area contributed by atoms with Gasteiger partial charge in [-0.15, -0.1) is 0 Å². The van der Waals surface area contributed by atoms with Crippen molar-refractivity contribution < 1.29 is 4.79 Å². The normalized spacial score (nSPS) is 26.9. The Kier molecular flexibility index (Phi) is 4.59. The molecule has 1 aromatic carbocycles. The first-order valence-electron chi connectivity index (χ1n) is 7.21. The second-order valence-corrected chi connectivity index (χ2v) is 5.85. The molecular weight excluding hydrogens is 236 g/mol. The van der Waals surface area contributed by atoms with E-state index in [1.165, 1.54) is 12.0 Å². The van der Waals surface area contributed by atoms with E-state index < -0.39 is 5.54 Å². The van der Waals surface area contributed by atoms with Crippen molar-refractivity contribution in [2.45, 2.75) is 44.6 Å². The first kappa shape index (κ1) is 14.1. The summed E-state index contributed by atoms with van der Waals surface area (Å²) in [5.41, 5.74) is 6.86. The summed E-state index contributed by atoms with van der Waals surface area (Å²) >= 11 is 0. The summed E-state index contributed by atoms with van der Waals surface area (Å²) in [6, 6.07) is 10.2. The maximum Gasteiger partial charge on any atom is 0.240 e. The van der Waals surface area contributed by atoms with E-state index in [2.05, 4.69) is 24.4 Å². The van der Waals surface area contributed by atoms with Crippen molar-refractivity contribution in [2.24, 2.45) is 11.7 Å². The third-order valence-electron chi connectivity index (χ3n) is 4.03. The molecule has 2 atom stereocenters. The highest BCUT2D eigenvalue weighted by molar-refractivity contribution is 5.86. The molecule has 0 radical (unpaired) electrons. The highest BCUT2D eigenvalue weighted by Crippen LogP contribution is 2.30. The molecule has 1 saturated carbocycles. The predicted molar refractivity (Wildman–Crippen MR) is 77.7 cm³/mol. The summed E-state index contributed by atoms with van der Waals surface area (Å²) in [6.45, 7) is 2.84. The van der Waals surface area contributed by atoms with Crippen LogP contribution in [0.4, 0.5) is 0 Å². The standard InChI is InChI=1S/C16H24N2O/c1-13-6-5-10-16(17,12-13)15(19)18-11-9-14-7-3-2-4-8-14/h2-4,7-8,13H,5-6,9-12,17H2,1H3,(H,18,19). The molecule has 0 saturated heterocycles. The molecule has 2 rings (SSSR count). The van der Waals surface area contributed by atoms with E-state index in [4.69, 9.17) is 5.73 Å². The lowest BCUT2D eigenvalue weighted by molar-refractivity contribution is -0.128. The fourth-order valence-corrected chi connectivity index (χ4v) is 2.94. The molecule has 0 heterocycles. The number of nitrogens with one attached hydrogen (secondary N) is 1. The lowest BCUT2D eigenvalue weighted by atomic mass is 9.76. The maximum atomic E-state index is 12.2. The van der Waals surface area contributed by atoms with Crippen LogP contribution in [0.5, 0.6) is 0 Å². The predicted octanol–water partition coefficient (Wildman–Crippen LogP) is 2.25. The van der Waals surface area contributed by atoms with Gasteiger partial charge in [-0.3, -0.25) is 4.79 Å². The fourth-order valence-electron chi connectivity index (χ4n) is 2.94. The van der Waals surface area contributed by atoms with Crippen LogP contribution in [0.15, 0.2) is 30.3 Å². The minimum absolute atomic E-state index is 0.0231. The Balaban J connectivity index is 1.81. The average molecular weight is 260 g/mol. The Morgan fingerprint density at radius 3 is 2.84 bits per heavy atom. The van der Waals surface area contributed by atoms with Crippen molar-refractivity contribution >= 4 is 5.91 Å². The quantitative estimate of drug-likeness (QED) is 0.872. The zero-order chi connectivity index (χ0) is 13.7. The van der Waals surface area contributed by atoms with Crippen molar-refractivity contribution in [3.05, 3.63) is 35.9 Å². The van der Waals surface area contributed by atoms with Crippen molar-refractivity contribution in [3.63, 3.8) is 0 Å². The minimum atomic E-state index is -0.644. The molecule has 19 heavy (non-hydrogen) atoms. The molecule has 1 aromatic rings. The summed E-state index contributed by atoms with van der Waals surface area (Å²) in [7, 11) is 0. The molecule has 1 fully saturated rings. The van der Waals surface area contributed by atoms with E-state index in [-0.39, 0.29) is 5.91 Å². The zero-order valence-corrected chi connectivity index (χ0v) is 11.7. The number of nitrogens with two attached hydrogens (primary N) is 1. The van der Waals surface area contributed by atoms with Crippen molar-refractivity contribution in [3.8, 4) is 0 Å². The average Bonchev–Trinajstić information content (AvgIpc) is 2.39. The lowest BCUT2D eigenvalue weighted by Crippen LogP contribution is -2.56. The monoisotopic (exact) mass is 260 g/mol. The van der Waals surface area contributed by atoms with Gasteiger partial charge in [0.15, 0.2) is 0 Å². The first-order valence-corrected chi connectivity index (χ1v) is 7.21. The Bertz CT molecular complexity index is 418. The van der Waals surface area contributed by atoms with Crippen LogP contribution >= 0.6 is 0 Å². The van der Waals surface area contributed by atoms with Crippen LogP contribution in [0, 0.1) is 5.92 Å². The van der Waals surface area contributed by atoms with Crippen LogP contribution in [0.25, 0.3) is 0 Å². The Hall–Kier alpha value is -1.35.